The van der Waals surface area contributed by atoms with Gasteiger partial charge in [0, 0.05) is 30.5 Å². The van der Waals surface area contributed by atoms with Crippen LogP contribution in [0.4, 0.5) is 0 Å². The van der Waals surface area contributed by atoms with Crippen LogP contribution in [0.5, 0.6) is 5.75 Å². The maximum absolute atomic E-state index is 8.96. The van der Waals surface area contributed by atoms with Crippen molar-refractivity contribution in [3.05, 3.63) is 59.4 Å². The van der Waals surface area contributed by atoms with E-state index in [4.69, 9.17) is 10.00 Å². The van der Waals surface area contributed by atoms with Crippen LogP contribution in [0.3, 0.4) is 0 Å². The van der Waals surface area contributed by atoms with Crippen LogP contribution in [-0.4, -0.2) is 12.1 Å². The maximum Gasteiger partial charge on any atom is 0.123 e. The van der Waals surface area contributed by atoms with E-state index in [-0.39, 0.29) is 6.04 Å². The van der Waals surface area contributed by atoms with E-state index < -0.39 is 0 Å². The van der Waals surface area contributed by atoms with E-state index in [0.717, 1.165) is 11.3 Å². The standard InChI is InChI=1S/C16H17N3O/c1-12(14-5-7-18-8-6-14)19-11-15-9-13(10-17)3-4-16(15)20-2/h3-9,12,19H,11H2,1-2H3. The molecular formula is C16H17N3O. The number of benzene rings is 1. The van der Waals surface area contributed by atoms with Gasteiger partial charge in [0.05, 0.1) is 18.7 Å². The molecule has 0 aliphatic rings. The van der Waals surface area contributed by atoms with Crippen LogP contribution in [0.2, 0.25) is 0 Å². The number of pyridine rings is 1. The lowest BCUT2D eigenvalue weighted by Crippen LogP contribution is -2.18. The molecule has 4 heteroatoms. The minimum Gasteiger partial charge on any atom is -0.496 e. The fraction of sp³-hybridized carbons (Fsp3) is 0.250. The first-order valence-electron chi connectivity index (χ1n) is 6.45. The maximum atomic E-state index is 8.96. The summed E-state index contributed by atoms with van der Waals surface area (Å²) in [4.78, 5) is 4.01. The first-order chi connectivity index (χ1) is 9.74. The monoisotopic (exact) mass is 267 g/mol. The van der Waals surface area contributed by atoms with Gasteiger partial charge in [0.1, 0.15) is 5.75 Å². The van der Waals surface area contributed by atoms with Crippen molar-refractivity contribution in [2.75, 3.05) is 7.11 Å². The molecule has 1 heterocycles. The summed E-state index contributed by atoms with van der Waals surface area (Å²) in [6.07, 6.45) is 3.56. The summed E-state index contributed by atoms with van der Waals surface area (Å²) >= 11 is 0. The number of nitrogens with one attached hydrogen (secondary N) is 1. The zero-order valence-corrected chi connectivity index (χ0v) is 11.6. The fourth-order valence-electron chi connectivity index (χ4n) is 2.02. The largest absolute Gasteiger partial charge is 0.496 e. The van der Waals surface area contributed by atoms with Crippen LogP contribution < -0.4 is 10.1 Å². The minimum atomic E-state index is 0.202. The second-order valence-corrected chi connectivity index (χ2v) is 4.52. The van der Waals surface area contributed by atoms with Crippen LogP contribution in [-0.2, 0) is 6.54 Å². The number of hydrogen-bond acceptors (Lipinski definition) is 4. The lowest BCUT2D eigenvalue weighted by molar-refractivity contribution is 0.406. The molecule has 102 valence electrons. The molecule has 0 aliphatic carbocycles. The van der Waals surface area contributed by atoms with Crippen molar-refractivity contribution >= 4 is 0 Å². The van der Waals surface area contributed by atoms with E-state index >= 15 is 0 Å². The van der Waals surface area contributed by atoms with Gasteiger partial charge in [-0.1, -0.05) is 0 Å². The lowest BCUT2D eigenvalue weighted by Gasteiger charge is -2.15. The van der Waals surface area contributed by atoms with Gasteiger partial charge in [0.25, 0.3) is 0 Å². The molecule has 2 aromatic rings. The molecule has 0 aliphatic heterocycles. The Kier molecular flexibility index (Phi) is 4.70. The summed E-state index contributed by atoms with van der Waals surface area (Å²) in [6, 6.07) is 11.8. The Bertz CT molecular complexity index is 605. The van der Waals surface area contributed by atoms with Crippen LogP contribution >= 0.6 is 0 Å². The van der Waals surface area contributed by atoms with E-state index in [0.29, 0.717) is 12.1 Å². The SMILES string of the molecule is COc1ccc(C#N)cc1CNC(C)c1ccncc1. The third kappa shape index (κ3) is 3.34. The Morgan fingerprint density at radius 2 is 2.05 bits per heavy atom. The molecule has 0 fully saturated rings. The molecule has 0 amide bonds. The van der Waals surface area contributed by atoms with Crippen molar-refractivity contribution in [3.63, 3.8) is 0 Å². The molecule has 1 aromatic heterocycles. The second kappa shape index (κ2) is 6.69. The van der Waals surface area contributed by atoms with Gasteiger partial charge >= 0.3 is 0 Å². The van der Waals surface area contributed by atoms with Crippen molar-refractivity contribution in [2.45, 2.75) is 19.5 Å². The highest BCUT2D eigenvalue weighted by Crippen LogP contribution is 2.21. The average molecular weight is 267 g/mol. The lowest BCUT2D eigenvalue weighted by atomic mass is 10.1. The third-order valence-electron chi connectivity index (χ3n) is 3.21. The Morgan fingerprint density at radius 3 is 2.70 bits per heavy atom. The zero-order valence-electron chi connectivity index (χ0n) is 11.6. The van der Waals surface area contributed by atoms with Gasteiger partial charge in [-0.2, -0.15) is 5.26 Å². The highest BCUT2D eigenvalue weighted by Gasteiger charge is 2.08. The smallest absolute Gasteiger partial charge is 0.123 e. The predicted molar refractivity (Wildman–Crippen MR) is 77.2 cm³/mol. The molecule has 0 radical (unpaired) electrons. The van der Waals surface area contributed by atoms with Gasteiger partial charge in [-0.05, 0) is 42.8 Å². The van der Waals surface area contributed by atoms with E-state index in [1.54, 1.807) is 25.6 Å². The molecule has 0 saturated carbocycles. The Hall–Kier alpha value is -2.38. The van der Waals surface area contributed by atoms with Gasteiger partial charge in [-0.3, -0.25) is 4.98 Å². The number of ether oxygens (including phenoxy) is 1. The molecular weight excluding hydrogens is 250 g/mol. The summed E-state index contributed by atoms with van der Waals surface area (Å²) in [6.45, 7) is 2.73. The molecule has 1 aromatic carbocycles. The normalized spacial score (nSPS) is 11.7. The third-order valence-corrected chi connectivity index (χ3v) is 3.21. The first-order valence-corrected chi connectivity index (χ1v) is 6.45. The van der Waals surface area contributed by atoms with Gasteiger partial charge in [-0.25, -0.2) is 0 Å². The van der Waals surface area contributed by atoms with Gasteiger partial charge in [0.15, 0.2) is 0 Å². The molecule has 1 atom stereocenters. The molecule has 1 N–H and O–H groups in total. The molecule has 1 unspecified atom stereocenters. The summed E-state index contributed by atoms with van der Waals surface area (Å²) in [5, 5.41) is 12.4. The van der Waals surface area contributed by atoms with Crippen molar-refractivity contribution in [3.8, 4) is 11.8 Å². The Balaban J connectivity index is 2.09. The molecule has 4 nitrogen and oxygen atoms in total. The van der Waals surface area contributed by atoms with Crippen LogP contribution in [0, 0.1) is 11.3 Å². The number of methoxy groups -OCH3 is 1. The van der Waals surface area contributed by atoms with Crippen molar-refractivity contribution in [1.29, 1.82) is 5.26 Å². The summed E-state index contributed by atoms with van der Waals surface area (Å²) in [7, 11) is 1.64. The summed E-state index contributed by atoms with van der Waals surface area (Å²) < 4.78 is 5.32. The fourth-order valence-corrected chi connectivity index (χ4v) is 2.02. The predicted octanol–water partition coefficient (Wildman–Crippen LogP) is 2.81. The van der Waals surface area contributed by atoms with E-state index in [2.05, 4.69) is 23.3 Å². The minimum absolute atomic E-state index is 0.202. The van der Waals surface area contributed by atoms with Gasteiger partial charge in [-0.15, -0.1) is 0 Å². The van der Waals surface area contributed by atoms with E-state index in [1.807, 2.05) is 24.3 Å². The quantitative estimate of drug-likeness (QED) is 0.905. The second-order valence-electron chi connectivity index (χ2n) is 4.52. The van der Waals surface area contributed by atoms with Gasteiger partial charge in [0.2, 0.25) is 0 Å². The van der Waals surface area contributed by atoms with Crippen molar-refractivity contribution < 1.29 is 4.74 Å². The summed E-state index contributed by atoms with van der Waals surface area (Å²) in [5.74, 6) is 0.790. The molecule has 0 bridgehead atoms. The first kappa shape index (κ1) is 14.0. The summed E-state index contributed by atoms with van der Waals surface area (Å²) in [5.41, 5.74) is 2.79. The van der Waals surface area contributed by atoms with Crippen LogP contribution in [0.25, 0.3) is 0 Å². The molecule has 0 spiro atoms. The molecule has 0 saturated heterocycles. The number of hydrogen-bond donors (Lipinski definition) is 1. The zero-order chi connectivity index (χ0) is 14.4. The van der Waals surface area contributed by atoms with Crippen molar-refractivity contribution in [1.82, 2.24) is 10.3 Å². The molecule has 2 rings (SSSR count). The number of aromatic nitrogens is 1. The number of nitriles is 1. The number of rotatable bonds is 5. The van der Waals surface area contributed by atoms with Crippen LogP contribution in [0.15, 0.2) is 42.7 Å². The Morgan fingerprint density at radius 1 is 1.30 bits per heavy atom. The highest BCUT2D eigenvalue weighted by molar-refractivity contribution is 5.42. The van der Waals surface area contributed by atoms with E-state index in [9.17, 15) is 0 Å². The van der Waals surface area contributed by atoms with E-state index in [1.165, 1.54) is 5.56 Å². The molecule has 20 heavy (non-hydrogen) atoms. The highest BCUT2D eigenvalue weighted by atomic mass is 16.5. The Labute approximate surface area is 119 Å². The number of nitrogens with zero attached hydrogens (tertiary/aromatic N) is 2. The van der Waals surface area contributed by atoms with Crippen molar-refractivity contribution in [2.24, 2.45) is 0 Å². The average Bonchev–Trinajstić information content (AvgIpc) is 2.53. The topological polar surface area (TPSA) is 57.9 Å². The van der Waals surface area contributed by atoms with Gasteiger partial charge < -0.3 is 10.1 Å². The van der Waals surface area contributed by atoms with Crippen LogP contribution in [0.1, 0.15) is 29.7 Å².